The van der Waals surface area contributed by atoms with Crippen molar-refractivity contribution in [3.05, 3.63) is 121 Å². The van der Waals surface area contributed by atoms with Gasteiger partial charge >= 0.3 is 0 Å². The van der Waals surface area contributed by atoms with Gasteiger partial charge in [0.15, 0.2) is 0 Å². The maximum absolute atomic E-state index is 6.42. The van der Waals surface area contributed by atoms with Crippen molar-refractivity contribution >= 4 is 32.3 Å². The van der Waals surface area contributed by atoms with Crippen LogP contribution in [0.3, 0.4) is 0 Å². The van der Waals surface area contributed by atoms with Gasteiger partial charge in [-0.2, -0.15) is 0 Å². The Morgan fingerprint density at radius 1 is 0.281 bits per heavy atom. The van der Waals surface area contributed by atoms with Crippen molar-refractivity contribution in [2.45, 2.75) is 0 Å². The van der Waals surface area contributed by atoms with E-state index in [9.17, 15) is 0 Å². The van der Waals surface area contributed by atoms with Crippen LogP contribution >= 0.6 is 0 Å². The predicted molar refractivity (Wildman–Crippen MR) is 132 cm³/mol. The van der Waals surface area contributed by atoms with E-state index in [-0.39, 0.29) is 0 Å². The van der Waals surface area contributed by atoms with Gasteiger partial charge in [0.1, 0.15) is 23.0 Å². The van der Waals surface area contributed by atoms with Crippen LogP contribution in [0.25, 0.3) is 32.3 Å². The summed E-state index contributed by atoms with van der Waals surface area (Å²) < 4.78 is 12.8. The maximum Gasteiger partial charge on any atom is 0.135 e. The van der Waals surface area contributed by atoms with Crippen LogP contribution in [0.4, 0.5) is 0 Å². The summed E-state index contributed by atoms with van der Waals surface area (Å²) >= 11 is 0. The topological polar surface area (TPSA) is 18.5 Å². The largest absolute Gasteiger partial charge is 0.456 e. The molecule has 0 bridgehead atoms. The minimum Gasteiger partial charge on any atom is -0.456 e. The molecule has 0 aliphatic rings. The highest BCUT2D eigenvalue weighted by Crippen LogP contribution is 2.40. The van der Waals surface area contributed by atoms with Gasteiger partial charge in [0.2, 0.25) is 0 Å². The minimum atomic E-state index is 0.808. The van der Waals surface area contributed by atoms with Gasteiger partial charge in [-0.3, -0.25) is 0 Å². The SMILES string of the molecule is c1ccc2c(Oc3ccc(Oc4cccc5ccccc45)c4ccccc34)cccc2c1. The molecule has 0 spiro atoms. The first kappa shape index (κ1) is 18.5. The van der Waals surface area contributed by atoms with Gasteiger partial charge in [0.25, 0.3) is 0 Å². The lowest BCUT2D eigenvalue weighted by Crippen LogP contribution is -1.91. The quantitative estimate of drug-likeness (QED) is 0.288. The summed E-state index contributed by atoms with van der Waals surface area (Å²) in [5, 5.41) is 6.53. The number of fused-ring (bicyclic) bond motifs is 3. The summed E-state index contributed by atoms with van der Waals surface area (Å²) in [6.45, 7) is 0. The molecule has 6 rings (SSSR count). The maximum atomic E-state index is 6.42. The lowest BCUT2D eigenvalue weighted by molar-refractivity contribution is 0.483. The van der Waals surface area contributed by atoms with Crippen molar-refractivity contribution in [3.8, 4) is 23.0 Å². The molecule has 0 saturated heterocycles. The van der Waals surface area contributed by atoms with E-state index >= 15 is 0 Å². The Kier molecular flexibility index (Phi) is 4.47. The molecule has 0 N–H and O–H groups in total. The smallest absolute Gasteiger partial charge is 0.135 e. The van der Waals surface area contributed by atoms with Gasteiger partial charge in [0, 0.05) is 21.5 Å². The second-order valence-electron chi connectivity index (χ2n) is 7.77. The Bertz CT molecular complexity index is 1450. The first-order valence-electron chi connectivity index (χ1n) is 10.7. The second-order valence-corrected chi connectivity index (χ2v) is 7.77. The van der Waals surface area contributed by atoms with Crippen LogP contribution in [0.1, 0.15) is 0 Å². The minimum absolute atomic E-state index is 0.808. The summed E-state index contributed by atoms with van der Waals surface area (Å²) in [5.41, 5.74) is 0. The normalized spacial score (nSPS) is 11.1. The number of hydrogen-bond donors (Lipinski definition) is 0. The van der Waals surface area contributed by atoms with E-state index in [0.717, 1.165) is 55.3 Å². The van der Waals surface area contributed by atoms with Crippen LogP contribution in [-0.2, 0) is 0 Å². The van der Waals surface area contributed by atoms with Gasteiger partial charge < -0.3 is 9.47 Å². The lowest BCUT2D eigenvalue weighted by atomic mass is 10.1. The Morgan fingerprint density at radius 3 is 1.09 bits per heavy atom. The van der Waals surface area contributed by atoms with E-state index in [1.165, 1.54) is 0 Å². The van der Waals surface area contributed by atoms with Crippen molar-refractivity contribution in [1.29, 1.82) is 0 Å². The Morgan fingerprint density at radius 2 is 0.625 bits per heavy atom. The van der Waals surface area contributed by atoms with Crippen molar-refractivity contribution < 1.29 is 9.47 Å². The van der Waals surface area contributed by atoms with E-state index in [1.807, 2.05) is 72.8 Å². The molecule has 6 aromatic carbocycles. The van der Waals surface area contributed by atoms with Gasteiger partial charge in [-0.05, 0) is 35.0 Å². The number of benzene rings is 6. The molecule has 0 amide bonds. The average Bonchev–Trinajstić information content (AvgIpc) is 2.86. The van der Waals surface area contributed by atoms with E-state index in [2.05, 4.69) is 48.5 Å². The van der Waals surface area contributed by atoms with Crippen molar-refractivity contribution in [2.75, 3.05) is 0 Å². The molecule has 32 heavy (non-hydrogen) atoms. The zero-order valence-corrected chi connectivity index (χ0v) is 17.4. The first-order chi connectivity index (χ1) is 15.9. The van der Waals surface area contributed by atoms with E-state index in [1.54, 1.807) is 0 Å². The molecule has 0 atom stereocenters. The van der Waals surface area contributed by atoms with Crippen LogP contribution in [-0.4, -0.2) is 0 Å². The molecule has 0 aromatic heterocycles. The zero-order valence-electron chi connectivity index (χ0n) is 17.4. The molecular formula is C30H20O2. The van der Waals surface area contributed by atoms with Gasteiger partial charge in [-0.15, -0.1) is 0 Å². The van der Waals surface area contributed by atoms with Crippen LogP contribution in [0.5, 0.6) is 23.0 Å². The van der Waals surface area contributed by atoms with Crippen LogP contribution in [0, 0.1) is 0 Å². The third-order valence-electron chi connectivity index (χ3n) is 5.78. The number of hydrogen-bond acceptors (Lipinski definition) is 2. The summed E-state index contributed by atoms with van der Waals surface area (Å²) in [5.74, 6) is 3.30. The highest BCUT2D eigenvalue weighted by molar-refractivity contribution is 5.95. The molecule has 0 radical (unpaired) electrons. The van der Waals surface area contributed by atoms with Crippen LogP contribution in [0.15, 0.2) is 121 Å². The highest BCUT2D eigenvalue weighted by Gasteiger charge is 2.12. The average molecular weight is 412 g/mol. The standard InChI is InChI=1S/C30H20O2/c1-3-13-23-21(9-1)11-7-17-27(23)31-29-19-20-30(26-16-6-5-15-25(26)29)32-28-18-8-12-22-10-2-4-14-24(22)28/h1-20H. The Hall–Kier alpha value is -4.30. The summed E-state index contributed by atoms with van der Waals surface area (Å²) in [6.07, 6.45) is 0. The van der Waals surface area contributed by atoms with Crippen molar-refractivity contribution in [1.82, 2.24) is 0 Å². The lowest BCUT2D eigenvalue weighted by Gasteiger charge is -2.15. The van der Waals surface area contributed by atoms with Gasteiger partial charge in [-0.25, -0.2) is 0 Å². The molecule has 0 unspecified atom stereocenters. The summed E-state index contributed by atoms with van der Waals surface area (Å²) in [7, 11) is 0. The molecule has 0 saturated carbocycles. The fourth-order valence-electron chi connectivity index (χ4n) is 4.23. The van der Waals surface area contributed by atoms with Gasteiger partial charge in [0.05, 0.1) is 0 Å². The van der Waals surface area contributed by atoms with Gasteiger partial charge in [-0.1, -0.05) is 97.1 Å². The summed E-state index contributed by atoms with van der Waals surface area (Å²) in [4.78, 5) is 0. The third-order valence-corrected chi connectivity index (χ3v) is 5.78. The Balaban J connectivity index is 1.44. The molecular weight excluding hydrogens is 392 g/mol. The summed E-state index contributed by atoms with van der Waals surface area (Å²) in [6, 6.07) is 41.0. The highest BCUT2D eigenvalue weighted by atomic mass is 16.5. The first-order valence-corrected chi connectivity index (χ1v) is 10.7. The van der Waals surface area contributed by atoms with E-state index in [4.69, 9.17) is 9.47 Å². The molecule has 6 aromatic rings. The molecule has 0 heterocycles. The fraction of sp³-hybridized carbons (Fsp3) is 0. The molecule has 0 aliphatic carbocycles. The van der Waals surface area contributed by atoms with Crippen LogP contribution in [0.2, 0.25) is 0 Å². The van der Waals surface area contributed by atoms with Crippen LogP contribution < -0.4 is 9.47 Å². The molecule has 152 valence electrons. The molecule has 2 nitrogen and oxygen atoms in total. The molecule has 0 aliphatic heterocycles. The number of ether oxygens (including phenoxy) is 2. The second kappa shape index (κ2) is 7.75. The van der Waals surface area contributed by atoms with Crippen molar-refractivity contribution in [3.63, 3.8) is 0 Å². The Labute approximate surface area is 186 Å². The van der Waals surface area contributed by atoms with E-state index in [0.29, 0.717) is 0 Å². The number of rotatable bonds is 4. The third kappa shape index (κ3) is 3.23. The zero-order chi connectivity index (χ0) is 21.3. The molecule has 0 fully saturated rings. The monoisotopic (exact) mass is 412 g/mol. The van der Waals surface area contributed by atoms with Crippen molar-refractivity contribution in [2.24, 2.45) is 0 Å². The van der Waals surface area contributed by atoms with E-state index < -0.39 is 0 Å². The predicted octanol–water partition coefficient (Wildman–Crippen LogP) is 8.73. The fourth-order valence-corrected chi connectivity index (χ4v) is 4.23. The molecule has 2 heteroatoms.